The standard InChI is InChI=1S/C15H14O3/c1-10-7-11(2)9-14(8-10)18-13-5-3-12(4-6-13)15(16)17/h3-9H,1-2H3,(H,16,17). The van der Waals surface area contributed by atoms with E-state index in [2.05, 4.69) is 6.07 Å². The first-order chi connectivity index (χ1) is 8.54. The lowest BCUT2D eigenvalue weighted by molar-refractivity contribution is 0.0697. The van der Waals surface area contributed by atoms with Gasteiger partial charge in [0, 0.05) is 0 Å². The van der Waals surface area contributed by atoms with Gasteiger partial charge in [0.15, 0.2) is 0 Å². The van der Waals surface area contributed by atoms with E-state index < -0.39 is 5.97 Å². The van der Waals surface area contributed by atoms with Gasteiger partial charge in [-0.25, -0.2) is 4.79 Å². The second-order valence-electron chi connectivity index (χ2n) is 4.26. The van der Waals surface area contributed by atoms with Crippen LogP contribution >= 0.6 is 0 Å². The van der Waals surface area contributed by atoms with Crippen LogP contribution in [0.1, 0.15) is 21.5 Å². The minimum Gasteiger partial charge on any atom is -0.478 e. The molecular weight excluding hydrogens is 228 g/mol. The molecule has 2 aromatic rings. The van der Waals surface area contributed by atoms with E-state index in [1.807, 2.05) is 26.0 Å². The molecule has 0 radical (unpaired) electrons. The van der Waals surface area contributed by atoms with E-state index in [0.717, 1.165) is 16.9 Å². The molecule has 0 aliphatic carbocycles. The largest absolute Gasteiger partial charge is 0.478 e. The fourth-order valence-corrected chi connectivity index (χ4v) is 1.79. The summed E-state index contributed by atoms with van der Waals surface area (Å²) in [5.74, 6) is 0.452. The maximum atomic E-state index is 10.7. The first kappa shape index (κ1) is 12.2. The highest BCUT2D eigenvalue weighted by Gasteiger charge is 2.03. The van der Waals surface area contributed by atoms with Gasteiger partial charge < -0.3 is 9.84 Å². The van der Waals surface area contributed by atoms with Crippen molar-refractivity contribution in [3.05, 3.63) is 59.2 Å². The molecule has 0 heterocycles. The van der Waals surface area contributed by atoms with Gasteiger partial charge in [0.05, 0.1) is 5.56 Å². The highest BCUT2D eigenvalue weighted by Crippen LogP contribution is 2.23. The van der Waals surface area contributed by atoms with Gasteiger partial charge in [-0.15, -0.1) is 0 Å². The molecule has 18 heavy (non-hydrogen) atoms. The summed E-state index contributed by atoms with van der Waals surface area (Å²) in [6.45, 7) is 4.01. The third kappa shape index (κ3) is 2.88. The van der Waals surface area contributed by atoms with Gasteiger partial charge in [-0.3, -0.25) is 0 Å². The van der Waals surface area contributed by atoms with Gasteiger partial charge in [0.1, 0.15) is 11.5 Å². The number of benzene rings is 2. The van der Waals surface area contributed by atoms with Crippen molar-refractivity contribution in [3.63, 3.8) is 0 Å². The van der Waals surface area contributed by atoms with E-state index in [4.69, 9.17) is 9.84 Å². The van der Waals surface area contributed by atoms with E-state index in [9.17, 15) is 4.79 Å². The summed E-state index contributed by atoms with van der Waals surface area (Å²) in [4.78, 5) is 10.7. The molecule has 2 aromatic carbocycles. The summed E-state index contributed by atoms with van der Waals surface area (Å²) < 4.78 is 5.68. The van der Waals surface area contributed by atoms with Crippen LogP contribution in [0.4, 0.5) is 0 Å². The van der Waals surface area contributed by atoms with Crippen LogP contribution in [0.5, 0.6) is 11.5 Å². The highest BCUT2D eigenvalue weighted by atomic mass is 16.5. The highest BCUT2D eigenvalue weighted by molar-refractivity contribution is 5.87. The van der Waals surface area contributed by atoms with E-state index in [-0.39, 0.29) is 5.56 Å². The van der Waals surface area contributed by atoms with Crippen molar-refractivity contribution < 1.29 is 14.6 Å². The van der Waals surface area contributed by atoms with E-state index in [1.54, 1.807) is 12.1 Å². The average molecular weight is 242 g/mol. The second kappa shape index (κ2) is 4.92. The van der Waals surface area contributed by atoms with Crippen LogP contribution < -0.4 is 4.74 Å². The molecule has 0 aliphatic heterocycles. The second-order valence-corrected chi connectivity index (χ2v) is 4.26. The molecule has 0 saturated heterocycles. The first-order valence-electron chi connectivity index (χ1n) is 5.64. The third-order valence-corrected chi connectivity index (χ3v) is 2.53. The van der Waals surface area contributed by atoms with Crippen LogP contribution in [0.3, 0.4) is 0 Å². The molecule has 0 saturated carbocycles. The fourth-order valence-electron chi connectivity index (χ4n) is 1.79. The number of carboxylic acid groups (broad SMARTS) is 1. The van der Waals surface area contributed by atoms with Crippen LogP contribution in [0.2, 0.25) is 0 Å². The predicted molar refractivity (Wildman–Crippen MR) is 69.4 cm³/mol. The molecular formula is C15H14O3. The Bertz CT molecular complexity index is 551. The Hall–Kier alpha value is -2.29. The number of hydrogen-bond acceptors (Lipinski definition) is 2. The Labute approximate surface area is 106 Å². The smallest absolute Gasteiger partial charge is 0.335 e. The molecule has 0 fully saturated rings. The first-order valence-corrected chi connectivity index (χ1v) is 5.64. The molecule has 0 unspecified atom stereocenters. The molecule has 0 bridgehead atoms. The Morgan fingerprint density at radius 3 is 2.00 bits per heavy atom. The van der Waals surface area contributed by atoms with Crippen LogP contribution in [-0.4, -0.2) is 11.1 Å². The van der Waals surface area contributed by atoms with Gasteiger partial charge in [0.2, 0.25) is 0 Å². The summed E-state index contributed by atoms with van der Waals surface area (Å²) in [7, 11) is 0. The number of ether oxygens (including phenoxy) is 1. The van der Waals surface area contributed by atoms with Gasteiger partial charge in [0.25, 0.3) is 0 Å². The predicted octanol–water partition coefficient (Wildman–Crippen LogP) is 3.79. The van der Waals surface area contributed by atoms with Crippen molar-refractivity contribution in [3.8, 4) is 11.5 Å². The number of aromatic carboxylic acids is 1. The normalized spacial score (nSPS) is 10.1. The summed E-state index contributed by atoms with van der Waals surface area (Å²) in [6.07, 6.45) is 0. The zero-order chi connectivity index (χ0) is 13.1. The van der Waals surface area contributed by atoms with E-state index >= 15 is 0 Å². The van der Waals surface area contributed by atoms with Gasteiger partial charge >= 0.3 is 5.97 Å². The number of aryl methyl sites for hydroxylation is 2. The van der Waals surface area contributed by atoms with Crippen molar-refractivity contribution in [1.29, 1.82) is 0 Å². The Morgan fingerprint density at radius 2 is 1.50 bits per heavy atom. The molecule has 0 atom stereocenters. The van der Waals surface area contributed by atoms with Crippen LogP contribution in [0.15, 0.2) is 42.5 Å². The van der Waals surface area contributed by atoms with Crippen molar-refractivity contribution in [2.24, 2.45) is 0 Å². The van der Waals surface area contributed by atoms with E-state index in [1.165, 1.54) is 12.1 Å². The zero-order valence-corrected chi connectivity index (χ0v) is 10.3. The Balaban J connectivity index is 2.20. The molecule has 3 nitrogen and oxygen atoms in total. The quantitative estimate of drug-likeness (QED) is 0.890. The van der Waals surface area contributed by atoms with Crippen LogP contribution in [-0.2, 0) is 0 Å². The van der Waals surface area contributed by atoms with Crippen molar-refractivity contribution in [1.82, 2.24) is 0 Å². The molecule has 0 spiro atoms. The lowest BCUT2D eigenvalue weighted by atomic mass is 10.1. The van der Waals surface area contributed by atoms with Crippen molar-refractivity contribution >= 4 is 5.97 Å². The lowest BCUT2D eigenvalue weighted by Gasteiger charge is -2.08. The molecule has 0 aliphatic rings. The maximum absolute atomic E-state index is 10.7. The number of hydrogen-bond donors (Lipinski definition) is 1. The van der Waals surface area contributed by atoms with Gasteiger partial charge in [-0.2, -0.15) is 0 Å². The minimum atomic E-state index is -0.937. The fraction of sp³-hybridized carbons (Fsp3) is 0.133. The summed E-state index contributed by atoms with van der Waals surface area (Å²) in [6, 6.07) is 12.3. The topological polar surface area (TPSA) is 46.5 Å². The third-order valence-electron chi connectivity index (χ3n) is 2.53. The molecule has 1 N–H and O–H groups in total. The summed E-state index contributed by atoms with van der Waals surface area (Å²) in [5, 5.41) is 8.80. The van der Waals surface area contributed by atoms with Gasteiger partial charge in [-0.05, 0) is 61.4 Å². The van der Waals surface area contributed by atoms with Crippen molar-refractivity contribution in [2.75, 3.05) is 0 Å². The molecule has 0 aromatic heterocycles. The molecule has 92 valence electrons. The molecule has 0 amide bonds. The lowest BCUT2D eigenvalue weighted by Crippen LogP contribution is -1.95. The van der Waals surface area contributed by atoms with E-state index in [0.29, 0.717) is 5.75 Å². The summed E-state index contributed by atoms with van der Waals surface area (Å²) in [5.41, 5.74) is 2.52. The molecule has 3 heteroatoms. The van der Waals surface area contributed by atoms with Gasteiger partial charge in [-0.1, -0.05) is 6.07 Å². The zero-order valence-electron chi connectivity index (χ0n) is 10.3. The number of carboxylic acids is 1. The Morgan fingerprint density at radius 1 is 0.944 bits per heavy atom. The number of carbonyl (C=O) groups is 1. The molecule has 2 rings (SSSR count). The van der Waals surface area contributed by atoms with Crippen LogP contribution in [0.25, 0.3) is 0 Å². The Kier molecular flexibility index (Phi) is 3.33. The monoisotopic (exact) mass is 242 g/mol. The minimum absolute atomic E-state index is 0.253. The maximum Gasteiger partial charge on any atom is 0.335 e. The number of rotatable bonds is 3. The van der Waals surface area contributed by atoms with Crippen LogP contribution in [0, 0.1) is 13.8 Å². The average Bonchev–Trinajstić information content (AvgIpc) is 2.28. The SMILES string of the molecule is Cc1cc(C)cc(Oc2ccc(C(=O)O)cc2)c1. The van der Waals surface area contributed by atoms with Crippen molar-refractivity contribution in [2.45, 2.75) is 13.8 Å². The summed E-state index contributed by atoms with van der Waals surface area (Å²) >= 11 is 0.